The number of rotatable bonds is 2. The van der Waals surface area contributed by atoms with Crippen molar-refractivity contribution in [3.63, 3.8) is 0 Å². The van der Waals surface area contributed by atoms with Crippen LogP contribution in [0.4, 0.5) is 0 Å². The highest BCUT2D eigenvalue weighted by Crippen LogP contribution is 2.31. The standard InChI is InChI=1S/C17H21NO2/c1-13-11-15(17(19)20-13)16-9-5-6-10-18(16)12-14-7-3-2-4-8-14/h2-4,7-8,13H,5-6,9-12H2,1H3/b16-15-. The number of piperidine rings is 1. The van der Waals surface area contributed by atoms with Gasteiger partial charge in [-0.25, -0.2) is 4.79 Å². The molecule has 0 N–H and O–H groups in total. The van der Waals surface area contributed by atoms with E-state index < -0.39 is 0 Å². The maximum absolute atomic E-state index is 12.0. The molecule has 1 aromatic rings. The fraction of sp³-hybridized carbons (Fsp3) is 0.471. The Labute approximate surface area is 120 Å². The molecule has 3 rings (SSSR count). The Hall–Kier alpha value is -1.77. The number of cyclic esters (lactones) is 1. The lowest BCUT2D eigenvalue weighted by molar-refractivity contribution is -0.138. The highest BCUT2D eigenvalue weighted by Gasteiger charge is 2.31. The fourth-order valence-electron chi connectivity index (χ4n) is 3.11. The maximum atomic E-state index is 12.0. The molecule has 1 unspecified atom stereocenters. The van der Waals surface area contributed by atoms with Crippen LogP contribution in [-0.4, -0.2) is 23.5 Å². The molecule has 0 spiro atoms. The van der Waals surface area contributed by atoms with Gasteiger partial charge in [-0.05, 0) is 31.7 Å². The molecule has 3 nitrogen and oxygen atoms in total. The monoisotopic (exact) mass is 271 g/mol. The van der Waals surface area contributed by atoms with Crippen LogP contribution in [0.2, 0.25) is 0 Å². The summed E-state index contributed by atoms with van der Waals surface area (Å²) in [7, 11) is 0. The van der Waals surface area contributed by atoms with E-state index in [9.17, 15) is 4.79 Å². The number of carbonyl (C=O) groups is 1. The topological polar surface area (TPSA) is 29.5 Å². The molecule has 0 aliphatic carbocycles. The minimum absolute atomic E-state index is 0.0329. The predicted octanol–water partition coefficient (Wildman–Crippen LogP) is 3.26. The van der Waals surface area contributed by atoms with Crippen molar-refractivity contribution in [3.05, 3.63) is 47.2 Å². The molecule has 2 saturated heterocycles. The maximum Gasteiger partial charge on any atom is 0.336 e. The van der Waals surface area contributed by atoms with Gasteiger partial charge in [0.25, 0.3) is 0 Å². The van der Waals surface area contributed by atoms with Gasteiger partial charge in [0.1, 0.15) is 6.10 Å². The van der Waals surface area contributed by atoms with E-state index in [1.165, 1.54) is 24.1 Å². The molecule has 0 radical (unpaired) electrons. The number of allylic oxidation sites excluding steroid dienone is 1. The van der Waals surface area contributed by atoms with Crippen LogP contribution in [0.3, 0.4) is 0 Å². The molecule has 1 atom stereocenters. The second-order valence-corrected chi connectivity index (χ2v) is 5.71. The Balaban J connectivity index is 1.84. The fourth-order valence-corrected chi connectivity index (χ4v) is 3.11. The van der Waals surface area contributed by atoms with Crippen LogP contribution in [0.25, 0.3) is 0 Å². The molecule has 2 fully saturated rings. The zero-order valence-electron chi connectivity index (χ0n) is 12.0. The van der Waals surface area contributed by atoms with Gasteiger partial charge < -0.3 is 9.64 Å². The lowest BCUT2D eigenvalue weighted by Crippen LogP contribution is -2.29. The quantitative estimate of drug-likeness (QED) is 0.611. The summed E-state index contributed by atoms with van der Waals surface area (Å²) in [6.45, 7) is 3.90. The first-order valence-corrected chi connectivity index (χ1v) is 7.46. The Bertz CT molecular complexity index is 521. The van der Waals surface area contributed by atoms with Gasteiger partial charge in [-0.15, -0.1) is 0 Å². The molecule has 0 amide bonds. The summed E-state index contributed by atoms with van der Waals surface area (Å²) < 4.78 is 5.30. The SMILES string of the molecule is CC1C/C(=C2\CCCCN2Cc2ccccc2)C(=O)O1. The lowest BCUT2D eigenvalue weighted by atomic mass is 9.99. The number of benzene rings is 1. The summed E-state index contributed by atoms with van der Waals surface area (Å²) in [5.41, 5.74) is 3.43. The van der Waals surface area contributed by atoms with Crippen LogP contribution in [0.5, 0.6) is 0 Å². The summed E-state index contributed by atoms with van der Waals surface area (Å²) in [6.07, 6.45) is 4.18. The molecule has 0 bridgehead atoms. The average Bonchev–Trinajstić information content (AvgIpc) is 2.79. The molecule has 1 aromatic carbocycles. The van der Waals surface area contributed by atoms with E-state index in [1.54, 1.807) is 0 Å². The minimum atomic E-state index is -0.104. The summed E-state index contributed by atoms with van der Waals surface area (Å²) >= 11 is 0. The minimum Gasteiger partial charge on any atom is -0.459 e. The third-order valence-corrected chi connectivity index (χ3v) is 4.08. The number of hydrogen-bond donors (Lipinski definition) is 0. The van der Waals surface area contributed by atoms with Crippen molar-refractivity contribution in [2.75, 3.05) is 6.54 Å². The number of likely N-dealkylation sites (tertiary alicyclic amines) is 1. The lowest BCUT2D eigenvalue weighted by Gasteiger charge is -2.32. The Kier molecular flexibility index (Phi) is 3.77. The Morgan fingerprint density at radius 2 is 2.05 bits per heavy atom. The van der Waals surface area contributed by atoms with Crippen molar-refractivity contribution >= 4 is 5.97 Å². The van der Waals surface area contributed by atoms with E-state index in [0.717, 1.165) is 31.5 Å². The van der Waals surface area contributed by atoms with Gasteiger partial charge in [0.05, 0.1) is 5.57 Å². The first-order chi connectivity index (χ1) is 9.74. The van der Waals surface area contributed by atoms with Crippen LogP contribution in [0.1, 0.15) is 38.2 Å². The van der Waals surface area contributed by atoms with Crippen molar-refractivity contribution < 1.29 is 9.53 Å². The van der Waals surface area contributed by atoms with Crippen LogP contribution >= 0.6 is 0 Å². The summed E-state index contributed by atoms with van der Waals surface area (Å²) in [5.74, 6) is -0.104. The molecular weight excluding hydrogens is 250 g/mol. The molecule has 20 heavy (non-hydrogen) atoms. The van der Waals surface area contributed by atoms with Crippen molar-refractivity contribution in [3.8, 4) is 0 Å². The zero-order valence-corrected chi connectivity index (χ0v) is 12.0. The average molecular weight is 271 g/mol. The molecule has 0 aromatic heterocycles. The number of carbonyl (C=O) groups excluding carboxylic acids is 1. The molecule has 106 valence electrons. The van der Waals surface area contributed by atoms with Crippen LogP contribution < -0.4 is 0 Å². The van der Waals surface area contributed by atoms with Crippen LogP contribution in [0, 0.1) is 0 Å². The van der Waals surface area contributed by atoms with Crippen LogP contribution in [-0.2, 0) is 16.1 Å². The summed E-state index contributed by atoms with van der Waals surface area (Å²) in [6, 6.07) is 10.5. The van der Waals surface area contributed by atoms with E-state index in [1.807, 2.05) is 13.0 Å². The van der Waals surface area contributed by atoms with Crippen molar-refractivity contribution in [2.45, 2.75) is 45.3 Å². The van der Waals surface area contributed by atoms with Crippen LogP contribution in [0.15, 0.2) is 41.6 Å². The van der Waals surface area contributed by atoms with Crippen molar-refractivity contribution in [1.82, 2.24) is 4.90 Å². The Morgan fingerprint density at radius 3 is 2.75 bits per heavy atom. The first-order valence-electron chi connectivity index (χ1n) is 7.46. The highest BCUT2D eigenvalue weighted by atomic mass is 16.5. The van der Waals surface area contributed by atoms with Crippen molar-refractivity contribution in [2.24, 2.45) is 0 Å². The highest BCUT2D eigenvalue weighted by molar-refractivity contribution is 5.91. The number of hydrogen-bond acceptors (Lipinski definition) is 3. The Morgan fingerprint density at radius 1 is 1.25 bits per heavy atom. The molecule has 2 aliphatic rings. The summed E-state index contributed by atoms with van der Waals surface area (Å²) in [4.78, 5) is 14.3. The molecule has 0 saturated carbocycles. The third kappa shape index (κ3) is 2.72. The van der Waals surface area contributed by atoms with Gasteiger partial charge in [0.15, 0.2) is 0 Å². The number of nitrogens with zero attached hydrogens (tertiary/aromatic N) is 1. The van der Waals surface area contributed by atoms with Gasteiger partial charge in [-0.3, -0.25) is 0 Å². The van der Waals surface area contributed by atoms with Gasteiger partial charge in [0.2, 0.25) is 0 Å². The van der Waals surface area contributed by atoms with E-state index in [2.05, 4.69) is 29.2 Å². The van der Waals surface area contributed by atoms with Gasteiger partial charge >= 0.3 is 5.97 Å². The molecular formula is C17H21NO2. The summed E-state index contributed by atoms with van der Waals surface area (Å²) in [5, 5.41) is 0. The van der Waals surface area contributed by atoms with Gasteiger partial charge in [-0.2, -0.15) is 0 Å². The normalized spacial score (nSPS) is 26.8. The molecule has 3 heteroatoms. The predicted molar refractivity (Wildman–Crippen MR) is 77.9 cm³/mol. The molecule has 2 aliphatic heterocycles. The smallest absolute Gasteiger partial charge is 0.336 e. The third-order valence-electron chi connectivity index (χ3n) is 4.08. The second-order valence-electron chi connectivity index (χ2n) is 5.71. The molecule has 2 heterocycles. The second kappa shape index (κ2) is 5.70. The van der Waals surface area contributed by atoms with Gasteiger partial charge in [-0.1, -0.05) is 30.3 Å². The van der Waals surface area contributed by atoms with E-state index >= 15 is 0 Å². The number of esters is 1. The zero-order chi connectivity index (χ0) is 13.9. The van der Waals surface area contributed by atoms with E-state index in [4.69, 9.17) is 4.74 Å². The van der Waals surface area contributed by atoms with E-state index in [0.29, 0.717) is 0 Å². The first kappa shape index (κ1) is 13.2. The van der Waals surface area contributed by atoms with Crippen molar-refractivity contribution in [1.29, 1.82) is 0 Å². The largest absolute Gasteiger partial charge is 0.459 e. The number of ether oxygens (including phenoxy) is 1. The van der Waals surface area contributed by atoms with E-state index in [-0.39, 0.29) is 12.1 Å². The van der Waals surface area contributed by atoms with Gasteiger partial charge in [0, 0.05) is 25.2 Å².